The number of amides is 1. The summed E-state index contributed by atoms with van der Waals surface area (Å²) in [4.78, 5) is 17.4. The van der Waals surface area contributed by atoms with E-state index in [2.05, 4.69) is 24.0 Å². The van der Waals surface area contributed by atoms with Crippen molar-refractivity contribution in [1.29, 1.82) is 0 Å². The number of hydrogen-bond donors (Lipinski definition) is 1. The van der Waals surface area contributed by atoms with Crippen molar-refractivity contribution in [3.05, 3.63) is 65.9 Å². The average Bonchev–Trinajstić information content (AvgIpc) is 3.27. The number of H-pyrrole nitrogens is 1. The molecule has 1 aliphatic rings. The highest BCUT2D eigenvalue weighted by molar-refractivity contribution is 5.90. The number of aromatic nitrogens is 1. The summed E-state index contributed by atoms with van der Waals surface area (Å²) < 4.78 is 6.12. The zero-order valence-electron chi connectivity index (χ0n) is 14.4. The maximum absolute atomic E-state index is 12.1. The van der Waals surface area contributed by atoms with E-state index in [0.717, 1.165) is 40.7 Å². The van der Waals surface area contributed by atoms with Crippen LogP contribution in [0.2, 0.25) is 0 Å². The molecule has 0 bridgehead atoms. The lowest BCUT2D eigenvalue weighted by Gasteiger charge is -2.24. The van der Waals surface area contributed by atoms with Crippen LogP contribution in [0.5, 0.6) is 5.75 Å². The van der Waals surface area contributed by atoms with Gasteiger partial charge in [-0.25, -0.2) is 0 Å². The largest absolute Gasteiger partial charge is 0.488 e. The second-order valence-corrected chi connectivity index (χ2v) is 6.56. The number of carbonyl (C=O) groups is 1. The lowest BCUT2D eigenvalue weighted by atomic mass is 10.1. The number of carbonyl (C=O) groups excluding carboxylic acids is 1. The first-order valence-electron chi connectivity index (χ1n) is 8.80. The minimum atomic E-state index is 0.0465. The predicted octanol–water partition coefficient (Wildman–Crippen LogP) is 4.43. The number of nitrogens with zero attached hydrogens (tertiary/aromatic N) is 1. The summed E-state index contributed by atoms with van der Waals surface area (Å²) in [5.74, 6) is 1.10. The topological polar surface area (TPSA) is 45.3 Å². The molecule has 3 aromatic rings. The molecular formula is C21H22N2O2. The Kier molecular flexibility index (Phi) is 4.18. The van der Waals surface area contributed by atoms with Gasteiger partial charge >= 0.3 is 0 Å². The smallest absolute Gasteiger partial charge is 0.223 e. The van der Waals surface area contributed by atoms with Crippen LogP contribution in [0.25, 0.3) is 10.9 Å². The molecule has 0 aliphatic carbocycles. The van der Waals surface area contributed by atoms with Crippen LogP contribution in [-0.4, -0.2) is 22.3 Å². The molecule has 0 saturated carbocycles. The second-order valence-electron chi connectivity index (χ2n) is 6.56. The number of benzene rings is 2. The Bertz CT molecular complexity index is 885. The molecule has 25 heavy (non-hydrogen) atoms. The van der Waals surface area contributed by atoms with Gasteiger partial charge < -0.3 is 14.6 Å². The van der Waals surface area contributed by atoms with Crippen molar-refractivity contribution in [1.82, 2.24) is 9.88 Å². The fourth-order valence-corrected chi connectivity index (χ4v) is 3.61. The second kappa shape index (κ2) is 6.63. The lowest BCUT2D eigenvalue weighted by molar-refractivity contribution is -0.129. The van der Waals surface area contributed by atoms with Gasteiger partial charge in [0, 0.05) is 35.6 Å². The van der Waals surface area contributed by atoms with E-state index in [1.165, 1.54) is 0 Å². The molecule has 1 unspecified atom stereocenters. The fourth-order valence-electron chi connectivity index (χ4n) is 3.61. The van der Waals surface area contributed by atoms with Crippen molar-refractivity contribution in [2.45, 2.75) is 32.4 Å². The van der Waals surface area contributed by atoms with Crippen LogP contribution in [0, 0.1) is 0 Å². The molecule has 4 rings (SSSR count). The van der Waals surface area contributed by atoms with Crippen LogP contribution in [0.4, 0.5) is 0 Å². The van der Waals surface area contributed by atoms with Gasteiger partial charge in [0.1, 0.15) is 12.4 Å². The third kappa shape index (κ3) is 3.00. The predicted molar refractivity (Wildman–Crippen MR) is 98.4 cm³/mol. The van der Waals surface area contributed by atoms with E-state index in [0.29, 0.717) is 13.0 Å². The first kappa shape index (κ1) is 15.8. The van der Waals surface area contributed by atoms with Crippen molar-refractivity contribution in [2.75, 3.05) is 6.54 Å². The monoisotopic (exact) mass is 334 g/mol. The Morgan fingerprint density at radius 3 is 2.76 bits per heavy atom. The van der Waals surface area contributed by atoms with E-state index in [1.807, 2.05) is 47.5 Å². The normalized spacial score (nSPS) is 15.7. The van der Waals surface area contributed by atoms with E-state index in [4.69, 9.17) is 4.74 Å². The van der Waals surface area contributed by atoms with E-state index < -0.39 is 0 Å². The van der Waals surface area contributed by atoms with Crippen molar-refractivity contribution in [3.63, 3.8) is 0 Å². The molecule has 1 atom stereocenters. The number of nitrogens with one attached hydrogen (secondary N) is 1. The standard InChI is InChI=1S/C21H22N2O2/c1-15(23-12-6-11-20(23)24)17-13-22-18-9-5-10-19(21(17)18)25-14-16-7-3-2-4-8-16/h2-5,7-10,13,15,22H,6,11-12,14H2,1H3. The van der Waals surface area contributed by atoms with Gasteiger partial charge in [0.15, 0.2) is 0 Å². The third-order valence-electron chi connectivity index (χ3n) is 4.96. The Labute approximate surface area is 147 Å². The minimum absolute atomic E-state index is 0.0465. The van der Waals surface area contributed by atoms with Gasteiger partial charge in [-0.05, 0) is 31.0 Å². The maximum atomic E-state index is 12.1. The highest BCUT2D eigenvalue weighted by Gasteiger charge is 2.28. The number of likely N-dealkylation sites (tertiary alicyclic amines) is 1. The van der Waals surface area contributed by atoms with Gasteiger partial charge in [-0.3, -0.25) is 4.79 Å². The van der Waals surface area contributed by atoms with Crippen LogP contribution in [0.3, 0.4) is 0 Å². The molecule has 2 heterocycles. The SMILES string of the molecule is CC(c1c[nH]c2cccc(OCc3ccccc3)c12)N1CCCC1=O. The summed E-state index contributed by atoms with van der Waals surface area (Å²) in [6.45, 7) is 3.46. The molecule has 1 fully saturated rings. The van der Waals surface area contributed by atoms with Crippen molar-refractivity contribution in [2.24, 2.45) is 0 Å². The lowest BCUT2D eigenvalue weighted by Crippen LogP contribution is -2.27. The van der Waals surface area contributed by atoms with Crippen molar-refractivity contribution < 1.29 is 9.53 Å². The van der Waals surface area contributed by atoms with Crippen molar-refractivity contribution in [3.8, 4) is 5.75 Å². The van der Waals surface area contributed by atoms with E-state index in [-0.39, 0.29) is 11.9 Å². The first-order chi connectivity index (χ1) is 12.2. The summed E-state index contributed by atoms with van der Waals surface area (Å²) in [5.41, 5.74) is 3.30. The number of fused-ring (bicyclic) bond motifs is 1. The molecule has 2 aromatic carbocycles. The van der Waals surface area contributed by atoms with Gasteiger partial charge in [0.05, 0.1) is 6.04 Å². The number of aromatic amines is 1. The minimum Gasteiger partial charge on any atom is -0.488 e. The van der Waals surface area contributed by atoms with Gasteiger partial charge in [-0.1, -0.05) is 36.4 Å². The Morgan fingerprint density at radius 2 is 2.00 bits per heavy atom. The van der Waals surface area contributed by atoms with Gasteiger partial charge in [-0.15, -0.1) is 0 Å². The third-order valence-corrected chi connectivity index (χ3v) is 4.96. The first-order valence-corrected chi connectivity index (χ1v) is 8.80. The Morgan fingerprint density at radius 1 is 1.16 bits per heavy atom. The van der Waals surface area contributed by atoms with E-state index in [9.17, 15) is 4.79 Å². The number of hydrogen-bond acceptors (Lipinski definition) is 2. The van der Waals surface area contributed by atoms with Crippen LogP contribution in [-0.2, 0) is 11.4 Å². The summed E-state index contributed by atoms with van der Waals surface area (Å²) in [6.07, 6.45) is 3.61. The molecule has 4 nitrogen and oxygen atoms in total. The summed E-state index contributed by atoms with van der Waals surface area (Å²) >= 11 is 0. The molecule has 1 amide bonds. The van der Waals surface area contributed by atoms with E-state index in [1.54, 1.807) is 0 Å². The van der Waals surface area contributed by atoms with Gasteiger partial charge in [0.25, 0.3) is 0 Å². The summed E-state index contributed by atoms with van der Waals surface area (Å²) in [5, 5.41) is 1.07. The van der Waals surface area contributed by atoms with Crippen LogP contribution < -0.4 is 4.74 Å². The van der Waals surface area contributed by atoms with Gasteiger partial charge in [-0.2, -0.15) is 0 Å². The summed E-state index contributed by atoms with van der Waals surface area (Å²) in [6, 6.07) is 16.2. The van der Waals surface area contributed by atoms with Crippen LogP contribution in [0.15, 0.2) is 54.7 Å². The van der Waals surface area contributed by atoms with Gasteiger partial charge in [0.2, 0.25) is 5.91 Å². The average molecular weight is 334 g/mol. The van der Waals surface area contributed by atoms with Crippen LogP contribution >= 0.6 is 0 Å². The van der Waals surface area contributed by atoms with Crippen LogP contribution in [0.1, 0.15) is 36.9 Å². The Balaban J connectivity index is 1.65. The zero-order valence-corrected chi connectivity index (χ0v) is 14.4. The molecule has 128 valence electrons. The molecular weight excluding hydrogens is 312 g/mol. The molecule has 0 spiro atoms. The zero-order chi connectivity index (χ0) is 17.2. The number of ether oxygens (including phenoxy) is 1. The molecule has 1 aromatic heterocycles. The summed E-state index contributed by atoms with van der Waals surface area (Å²) in [7, 11) is 0. The quantitative estimate of drug-likeness (QED) is 0.750. The number of rotatable bonds is 5. The highest BCUT2D eigenvalue weighted by atomic mass is 16.5. The molecule has 1 N–H and O–H groups in total. The van der Waals surface area contributed by atoms with Crippen molar-refractivity contribution >= 4 is 16.8 Å². The Hall–Kier alpha value is -2.75. The molecule has 1 aliphatic heterocycles. The fraction of sp³-hybridized carbons (Fsp3) is 0.286. The molecule has 4 heteroatoms. The molecule has 1 saturated heterocycles. The van der Waals surface area contributed by atoms with E-state index >= 15 is 0 Å². The highest BCUT2D eigenvalue weighted by Crippen LogP contribution is 2.36. The maximum Gasteiger partial charge on any atom is 0.223 e. The molecule has 0 radical (unpaired) electrons.